The molecule has 0 saturated carbocycles. The highest BCUT2D eigenvalue weighted by molar-refractivity contribution is 8.00. The summed E-state index contributed by atoms with van der Waals surface area (Å²) in [7, 11) is 3.14. The van der Waals surface area contributed by atoms with Gasteiger partial charge in [0, 0.05) is 6.42 Å². The number of aromatic nitrogens is 2. The van der Waals surface area contributed by atoms with Crippen molar-refractivity contribution in [2.45, 2.75) is 23.4 Å². The highest BCUT2D eigenvalue weighted by Crippen LogP contribution is 2.31. The van der Waals surface area contributed by atoms with E-state index in [1.807, 2.05) is 24.3 Å². The molecule has 7 nitrogen and oxygen atoms in total. The van der Waals surface area contributed by atoms with Crippen LogP contribution in [0.2, 0.25) is 0 Å². The Balaban J connectivity index is 1.79. The summed E-state index contributed by atoms with van der Waals surface area (Å²) < 4.78 is 17.3. The first-order valence-electron chi connectivity index (χ1n) is 9.14. The van der Waals surface area contributed by atoms with Crippen molar-refractivity contribution in [1.29, 1.82) is 0 Å². The predicted molar refractivity (Wildman–Crippen MR) is 110 cm³/mol. The number of cyclic esters (lactones) is 1. The molecule has 1 fully saturated rings. The van der Waals surface area contributed by atoms with Crippen LogP contribution in [-0.2, 0) is 16.1 Å². The Morgan fingerprint density at radius 2 is 1.93 bits per heavy atom. The number of para-hydroxylation sites is 1. The highest BCUT2D eigenvalue weighted by atomic mass is 32.2. The summed E-state index contributed by atoms with van der Waals surface area (Å²) in [4.78, 5) is 29.9. The minimum atomic E-state index is -0.361. The number of carbonyl (C=O) groups excluding carboxylic acids is 1. The average Bonchev–Trinajstić information content (AvgIpc) is 3.15. The molecular formula is C21H20N2O5S. The molecule has 3 aromatic rings. The normalized spacial score (nSPS) is 16.1. The van der Waals surface area contributed by atoms with Gasteiger partial charge >= 0.3 is 5.97 Å². The summed E-state index contributed by atoms with van der Waals surface area (Å²) in [6.45, 7) is 0.686. The molecule has 0 N–H and O–H groups in total. The van der Waals surface area contributed by atoms with E-state index >= 15 is 0 Å². The third kappa shape index (κ3) is 3.80. The number of hydrogen-bond donors (Lipinski definition) is 0. The Morgan fingerprint density at radius 3 is 2.66 bits per heavy atom. The topological polar surface area (TPSA) is 79.7 Å². The summed E-state index contributed by atoms with van der Waals surface area (Å²) in [6, 6.07) is 12.7. The van der Waals surface area contributed by atoms with E-state index in [4.69, 9.17) is 14.2 Å². The van der Waals surface area contributed by atoms with Gasteiger partial charge in [0.05, 0.1) is 38.3 Å². The van der Waals surface area contributed by atoms with Crippen molar-refractivity contribution in [3.05, 3.63) is 58.4 Å². The van der Waals surface area contributed by atoms with E-state index in [-0.39, 0.29) is 16.8 Å². The second-order valence-corrected chi connectivity index (χ2v) is 7.72. The lowest BCUT2D eigenvalue weighted by Gasteiger charge is -2.15. The van der Waals surface area contributed by atoms with E-state index in [2.05, 4.69) is 4.98 Å². The number of nitrogens with zero attached hydrogens (tertiary/aromatic N) is 2. The zero-order valence-corrected chi connectivity index (χ0v) is 16.9. The second kappa shape index (κ2) is 8.16. The van der Waals surface area contributed by atoms with Crippen molar-refractivity contribution < 1.29 is 19.0 Å². The summed E-state index contributed by atoms with van der Waals surface area (Å²) in [6.07, 6.45) is 0.600. The maximum atomic E-state index is 13.2. The van der Waals surface area contributed by atoms with Gasteiger partial charge in [-0.15, -0.1) is 0 Å². The fourth-order valence-corrected chi connectivity index (χ4v) is 4.31. The smallest absolute Gasteiger partial charge is 0.319 e. The second-order valence-electron chi connectivity index (χ2n) is 6.55. The van der Waals surface area contributed by atoms with Crippen LogP contribution in [0, 0.1) is 0 Å². The van der Waals surface area contributed by atoms with E-state index in [0.717, 1.165) is 5.56 Å². The molecule has 0 radical (unpaired) electrons. The van der Waals surface area contributed by atoms with Crippen LogP contribution in [0.4, 0.5) is 0 Å². The van der Waals surface area contributed by atoms with Gasteiger partial charge in [-0.3, -0.25) is 14.2 Å². The van der Waals surface area contributed by atoms with E-state index in [1.165, 1.54) is 11.8 Å². The van der Waals surface area contributed by atoms with Gasteiger partial charge in [0.1, 0.15) is 5.25 Å². The van der Waals surface area contributed by atoms with Crippen LogP contribution in [0.1, 0.15) is 12.0 Å². The number of ether oxygens (including phenoxy) is 3. The number of thioether (sulfide) groups is 1. The molecule has 29 heavy (non-hydrogen) atoms. The van der Waals surface area contributed by atoms with Crippen LogP contribution in [-0.4, -0.2) is 41.6 Å². The summed E-state index contributed by atoms with van der Waals surface area (Å²) >= 11 is 1.27. The Morgan fingerprint density at radius 1 is 1.14 bits per heavy atom. The fourth-order valence-electron chi connectivity index (χ4n) is 3.25. The van der Waals surface area contributed by atoms with E-state index in [9.17, 15) is 9.59 Å². The molecule has 1 aliphatic heterocycles. The third-order valence-corrected chi connectivity index (χ3v) is 5.99. The summed E-state index contributed by atoms with van der Waals surface area (Å²) in [5.74, 6) is 0.930. The van der Waals surface area contributed by atoms with Crippen molar-refractivity contribution >= 4 is 28.6 Å². The first-order valence-corrected chi connectivity index (χ1v) is 10.0. The molecule has 1 saturated heterocycles. The SMILES string of the molecule is COc1ccc(Cn2c(S[C@H]3CCOC3=O)nc3ccccc3c2=O)cc1OC. The predicted octanol–water partition coefficient (Wildman–Crippen LogP) is 2.87. The molecule has 1 atom stereocenters. The van der Waals surface area contributed by atoms with Gasteiger partial charge in [-0.25, -0.2) is 4.98 Å². The lowest BCUT2D eigenvalue weighted by atomic mass is 10.2. The molecule has 0 unspecified atom stereocenters. The molecule has 2 aromatic carbocycles. The van der Waals surface area contributed by atoms with Crippen LogP contribution in [0.15, 0.2) is 52.4 Å². The van der Waals surface area contributed by atoms with E-state index < -0.39 is 0 Å². The number of benzene rings is 2. The van der Waals surface area contributed by atoms with Crippen LogP contribution in [0.3, 0.4) is 0 Å². The maximum absolute atomic E-state index is 13.2. The van der Waals surface area contributed by atoms with Crippen LogP contribution in [0.25, 0.3) is 10.9 Å². The molecule has 0 aliphatic carbocycles. The Kier molecular flexibility index (Phi) is 5.44. The number of carbonyl (C=O) groups is 1. The first kappa shape index (κ1) is 19.3. The fraction of sp³-hybridized carbons (Fsp3) is 0.286. The number of hydrogen-bond acceptors (Lipinski definition) is 7. The standard InChI is InChI=1S/C21H20N2O5S/c1-26-16-8-7-13(11-17(16)27-2)12-23-19(24)14-5-3-4-6-15(14)22-21(23)29-18-9-10-28-20(18)25/h3-8,11,18H,9-10,12H2,1-2H3/t18-/m0/s1. The average molecular weight is 412 g/mol. The molecule has 1 aromatic heterocycles. The van der Waals surface area contributed by atoms with Crippen molar-refractivity contribution in [3.63, 3.8) is 0 Å². The van der Waals surface area contributed by atoms with Gasteiger partial charge in [0.15, 0.2) is 16.7 Å². The number of esters is 1. The molecule has 2 heterocycles. The van der Waals surface area contributed by atoms with Gasteiger partial charge in [0.25, 0.3) is 5.56 Å². The van der Waals surface area contributed by atoms with Crippen molar-refractivity contribution in [1.82, 2.24) is 9.55 Å². The van der Waals surface area contributed by atoms with Crippen molar-refractivity contribution in [2.24, 2.45) is 0 Å². The Labute approximate surface area is 171 Å². The van der Waals surface area contributed by atoms with Crippen molar-refractivity contribution in [3.8, 4) is 11.5 Å². The van der Waals surface area contributed by atoms with E-state index in [1.54, 1.807) is 37.0 Å². The molecule has 4 rings (SSSR count). The van der Waals surface area contributed by atoms with Crippen LogP contribution >= 0.6 is 11.8 Å². The lowest BCUT2D eigenvalue weighted by molar-refractivity contribution is -0.137. The number of methoxy groups -OCH3 is 2. The monoisotopic (exact) mass is 412 g/mol. The van der Waals surface area contributed by atoms with Gasteiger partial charge in [-0.1, -0.05) is 30.0 Å². The molecular weight excluding hydrogens is 392 g/mol. The largest absolute Gasteiger partial charge is 0.493 e. The lowest BCUT2D eigenvalue weighted by Crippen LogP contribution is -2.25. The molecule has 0 spiro atoms. The molecule has 0 amide bonds. The van der Waals surface area contributed by atoms with Gasteiger partial charge < -0.3 is 14.2 Å². The maximum Gasteiger partial charge on any atom is 0.319 e. The summed E-state index contributed by atoms with van der Waals surface area (Å²) in [5, 5.41) is 0.665. The van der Waals surface area contributed by atoms with Gasteiger partial charge in [-0.05, 0) is 29.8 Å². The summed E-state index contributed by atoms with van der Waals surface area (Å²) in [5.41, 5.74) is 1.31. The van der Waals surface area contributed by atoms with Gasteiger partial charge in [0.2, 0.25) is 0 Å². The number of rotatable bonds is 6. The Bertz CT molecular complexity index is 1130. The molecule has 1 aliphatic rings. The number of fused-ring (bicyclic) bond motifs is 1. The Hall–Kier alpha value is -3.00. The minimum Gasteiger partial charge on any atom is -0.493 e. The minimum absolute atomic E-state index is 0.153. The zero-order valence-electron chi connectivity index (χ0n) is 16.1. The van der Waals surface area contributed by atoms with Crippen LogP contribution < -0.4 is 15.0 Å². The third-order valence-electron chi connectivity index (χ3n) is 4.75. The highest BCUT2D eigenvalue weighted by Gasteiger charge is 2.29. The molecule has 8 heteroatoms. The zero-order chi connectivity index (χ0) is 20.4. The first-order chi connectivity index (χ1) is 14.1. The van der Waals surface area contributed by atoms with Gasteiger partial charge in [-0.2, -0.15) is 0 Å². The quantitative estimate of drug-likeness (QED) is 0.455. The van der Waals surface area contributed by atoms with E-state index in [0.29, 0.717) is 47.1 Å². The van der Waals surface area contributed by atoms with Crippen LogP contribution in [0.5, 0.6) is 11.5 Å². The van der Waals surface area contributed by atoms with Crippen molar-refractivity contribution in [2.75, 3.05) is 20.8 Å². The molecule has 150 valence electrons. The molecule has 0 bridgehead atoms.